The Morgan fingerprint density at radius 2 is 2.14 bits per heavy atom. The van der Waals surface area contributed by atoms with Gasteiger partial charge in [-0.15, -0.1) is 0 Å². The number of piperazine rings is 1. The van der Waals surface area contributed by atoms with Gasteiger partial charge in [-0.05, 0) is 19.9 Å². The molecule has 1 atom stereocenters. The Balaban J connectivity index is 1.80. The zero-order valence-corrected chi connectivity index (χ0v) is 9.26. The van der Waals surface area contributed by atoms with Gasteiger partial charge in [0, 0.05) is 38.3 Å². The van der Waals surface area contributed by atoms with E-state index in [-0.39, 0.29) is 0 Å². The summed E-state index contributed by atoms with van der Waals surface area (Å²) in [4.78, 5) is 2.70. The van der Waals surface area contributed by atoms with Crippen LogP contribution in [-0.2, 0) is 0 Å². The van der Waals surface area contributed by atoms with Crippen molar-refractivity contribution in [1.82, 2.24) is 15.5 Å². The molecule has 3 heteroatoms. The Kier molecular flexibility index (Phi) is 3.79. The zero-order chi connectivity index (χ0) is 9.80. The Bertz CT molecular complexity index is 164. The van der Waals surface area contributed by atoms with Gasteiger partial charge in [0.25, 0.3) is 0 Å². The van der Waals surface area contributed by atoms with Crippen LogP contribution in [0.2, 0.25) is 0 Å². The zero-order valence-electron chi connectivity index (χ0n) is 9.26. The summed E-state index contributed by atoms with van der Waals surface area (Å²) in [6, 6.07) is 1.56. The lowest BCUT2D eigenvalue weighted by Crippen LogP contribution is -2.56. The summed E-state index contributed by atoms with van der Waals surface area (Å²) in [6.45, 7) is 4.77. The van der Waals surface area contributed by atoms with Crippen LogP contribution in [-0.4, -0.2) is 50.2 Å². The number of likely N-dealkylation sites (N-methyl/N-ethyl adjacent to an activating group) is 1. The third-order valence-corrected chi connectivity index (χ3v) is 3.58. The standard InChI is InChI=1S/C11H23N3/c1-12-8-10-9-14(7-6-13-10)11-4-2-3-5-11/h10-13H,2-9H2,1H3. The second kappa shape index (κ2) is 5.10. The van der Waals surface area contributed by atoms with Crippen molar-refractivity contribution in [2.45, 2.75) is 37.8 Å². The summed E-state index contributed by atoms with van der Waals surface area (Å²) in [5.41, 5.74) is 0. The highest BCUT2D eigenvalue weighted by atomic mass is 15.2. The van der Waals surface area contributed by atoms with Crippen LogP contribution in [0.4, 0.5) is 0 Å². The molecule has 1 saturated heterocycles. The Hall–Kier alpha value is -0.120. The van der Waals surface area contributed by atoms with E-state index in [0.717, 1.165) is 12.6 Å². The molecule has 1 saturated carbocycles. The molecule has 0 spiro atoms. The van der Waals surface area contributed by atoms with Gasteiger partial charge >= 0.3 is 0 Å². The van der Waals surface area contributed by atoms with Gasteiger partial charge in [-0.3, -0.25) is 4.90 Å². The minimum Gasteiger partial charge on any atom is -0.318 e. The normalized spacial score (nSPS) is 31.1. The third-order valence-electron chi connectivity index (χ3n) is 3.58. The molecule has 3 nitrogen and oxygen atoms in total. The van der Waals surface area contributed by atoms with Gasteiger partial charge in [-0.2, -0.15) is 0 Å². The monoisotopic (exact) mass is 197 g/mol. The molecule has 82 valence electrons. The summed E-state index contributed by atoms with van der Waals surface area (Å²) < 4.78 is 0. The average Bonchev–Trinajstić information content (AvgIpc) is 2.71. The fourth-order valence-corrected chi connectivity index (χ4v) is 2.84. The lowest BCUT2D eigenvalue weighted by Gasteiger charge is -2.37. The predicted molar refractivity (Wildman–Crippen MR) is 59.5 cm³/mol. The summed E-state index contributed by atoms with van der Waals surface area (Å²) in [6.07, 6.45) is 5.77. The van der Waals surface area contributed by atoms with E-state index in [1.165, 1.54) is 45.3 Å². The lowest BCUT2D eigenvalue weighted by molar-refractivity contribution is 0.145. The van der Waals surface area contributed by atoms with Crippen molar-refractivity contribution in [3.05, 3.63) is 0 Å². The summed E-state index contributed by atoms with van der Waals surface area (Å²) >= 11 is 0. The number of nitrogens with zero attached hydrogens (tertiary/aromatic N) is 1. The van der Waals surface area contributed by atoms with Gasteiger partial charge < -0.3 is 10.6 Å². The number of rotatable bonds is 3. The highest BCUT2D eigenvalue weighted by Crippen LogP contribution is 2.23. The minimum absolute atomic E-state index is 0.661. The minimum atomic E-state index is 0.661. The van der Waals surface area contributed by atoms with Gasteiger partial charge in [0.15, 0.2) is 0 Å². The van der Waals surface area contributed by atoms with E-state index in [0.29, 0.717) is 6.04 Å². The van der Waals surface area contributed by atoms with Gasteiger partial charge in [0.05, 0.1) is 0 Å². The molecule has 0 bridgehead atoms. The van der Waals surface area contributed by atoms with Crippen molar-refractivity contribution in [2.24, 2.45) is 0 Å². The second-order valence-electron chi connectivity index (χ2n) is 4.64. The van der Waals surface area contributed by atoms with Crippen LogP contribution in [0.15, 0.2) is 0 Å². The van der Waals surface area contributed by atoms with E-state index in [4.69, 9.17) is 0 Å². The van der Waals surface area contributed by atoms with Gasteiger partial charge in [-0.25, -0.2) is 0 Å². The molecular formula is C11H23N3. The van der Waals surface area contributed by atoms with Crippen LogP contribution in [0.5, 0.6) is 0 Å². The molecule has 1 aliphatic heterocycles. The number of hydrogen-bond acceptors (Lipinski definition) is 3. The maximum atomic E-state index is 3.57. The van der Waals surface area contributed by atoms with Crippen molar-refractivity contribution < 1.29 is 0 Å². The highest BCUT2D eigenvalue weighted by Gasteiger charge is 2.26. The molecule has 0 aromatic heterocycles. The molecule has 0 radical (unpaired) electrons. The van der Waals surface area contributed by atoms with Gasteiger partial charge in [0.2, 0.25) is 0 Å². The Morgan fingerprint density at radius 1 is 1.36 bits per heavy atom. The summed E-state index contributed by atoms with van der Waals surface area (Å²) in [5, 5.41) is 6.83. The summed E-state index contributed by atoms with van der Waals surface area (Å²) in [5.74, 6) is 0. The van der Waals surface area contributed by atoms with Crippen LogP contribution in [0.25, 0.3) is 0 Å². The van der Waals surface area contributed by atoms with Gasteiger partial charge in [0.1, 0.15) is 0 Å². The molecule has 0 amide bonds. The van der Waals surface area contributed by atoms with E-state index in [1.807, 2.05) is 7.05 Å². The maximum Gasteiger partial charge on any atom is 0.0320 e. The van der Waals surface area contributed by atoms with Crippen LogP contribution in [0, 0.1) is 0 Å². The van der Waals surface area contributed by atoms with E-state index >= 15 is 0 Å². The molecular weight excluding hydrogens is 174 g/mol. The molecule has 1 aliphatic carbocycles. The van der Waals surface area contributed by atoms with Crippen molar-refractivity contribution >= 4 is 0 Å². The smallest absolute Gasteiger partial charge is 0.0320 e. The molecule has 2 rings (SSSR count). The first-order valence-electron chi connectivity index (χ1n) is 6.02. The first kappa shape index (κ1) is 10.4. The molecule has 0 aromatic carbocycles. The van der Waals surface area contributed by atoms with E-state index in [1.54, 1.807) is 0 Å². The molecule has 1 heterocycles. The second-order valence-corrected chi connectivity index (χ2v) is 4.64. The van der Waals surface area contributed by atoms with Crippen molar-refractivity contribution in [3.63, 3.8) is 0 Å². The van der Waals surface area contributed by atoms with Crippen LogP contribution in [0.3, 0.4) is 0 Å². The SMILES string of the molecule is CNCC1CN(C2CCCC2)CCN1. The number of nitrogens with one attached hydrogen (secondary N) is 2. The first-order valence-corrected chi connectivity index (χ1v) is 6.02. The molecule has 2 fully saturated rings. The molecule has 2 N–H and O–H groups in total. The average molecular weight is 197 g/mol. The van der Waals surface area contributed by atoms with Crippen molar-refractivity contribution in [2.75, 3.05) is 33.2 Å². The van der Waals surface area contributed by atoms with Crippen LogP contribution in [0.1, 0.15) is 25.7 Å². The topological polar surface area (TPSA) is 27.3 Å². The highest BCUT2D eigenvalue weighted by molar-refractivity contribution is 4.86. The Labute approximate surface area is 87.2 Å². The number of hydrogen-bond donors (Lipinski definition) is 2. The fraction of sp³-hybridized carbons (Fsp3) is 1.00. The van der Waals surface area contributed by atoms with Crippen molar-refractivity contribution in [3.8, 4) is 0 Å². The molecule has 14 heavy (non-hydrogen) atoms. The maximum absolute atomic E-state index is 3.57. The van der Waals surface area contributed by atoms with E-state index < -0.39 is 0 Å². The van der Waals surface area contributed by atoms with Crippen molar-refractivity contribution in [1.29, 1.82) is 0 Å². The van der Waals surface area contributed by atoms with Crippen LogP contribution >= 0.6 is 0 Å². The van der Waals surface area contributed by atoms with E-state index in [2.05, 4.69) is 15.5 Å². The summed E-state index contributed by atoms with van der Waals surface area (Å²) in [7, 11) is 2.04. The third kappa shape index (κ3) is 2.47. The molecule has 1 unspecified atom stereocenters. The van der Waals surface area contributed by atoms with Crippen LogP contribution < -0.4 is 10.6 Å². The Morgan fingerprint density at radius 3 is 2.86 bits per heavy atom. The lowest BCUT2D eigenvalue weighted by atomic mass is 10.1. The fourth-order valence-electron chi connectivity index (χ4n) is 2.84. The predicted octanol–water partition coefficient (Wildman–Crippen LogP) is 0.422. The molecule has 2 aliphatic rings. The quantitative estimate of drug-likeness (QED) is 0.687. The first-order chi connectivity index (χ1) is 6.90. The van der Waals surface area contributed by atoms with Gasteiger partial charge in [-0.1, -0.05) is 12.8 Å². The van der Waals surface area contributed by atoms with E-state index in [9.17, 15) is 0 Å². The largest absolute Gasteiger partial charge is 0.318 e. The molecule has 0 aromatic rings.